The van der Waals surface area contributed by atoms with Gasteiger partial charge in [0.05, 0.1) is 0 Å². The second-order valence-electron chi connectivity index (χ2n) is 3.43. The van der Waals surface area contributed by atoms with Crippen LogP contribution in [0.4, 0.5) is 4.79 Å². The molecular weight excluding hydrogens is 227 g/mol. The lowest BCUT2D eigenvalue weighted by Crippen LogP contribution is -2.56. The van der Waals surface area contributed by atoms with Crippen LogP contribution in [0, 0.1) is 0 Å². The first-order chi connectivity index (χ1) is 5.72. The Morgan fingerprint density at radius 1 is 1.29 bits per heavy atom. The van der Waals surface area contributed by atoms with Gasteiger partial charge in [-0.15, -0.1) is 24.8 Å². The Labute approximate surface area is 95.8 Å². The zero-order chi connectivity index (χ0) is 8.60. The molecule has 1 spiro atoms. The third kappa shape index (κ3) is 2.42. The molecule has 0 aromatic carbocycles. The number of amides is 2. The largest absolute Gasteiger partial charge is 0.333 e. The summed E-state index contributed by atoms with van der Waals surface area (Å²) in [5, 5.41) is 7.73. The molecule has 7 heteroatoms. The molecular formula is C7H16Cl2N4O. The Hall–Kier alpha value is -0.230. The lowest BCUT2D eigenvalue weighted by Gasteiger charge is -2.33. The highest BCUT2D eigenvalue weighted by molar-refractivity contribution is 5.85. The molecule has 2 amide bonds. The number of hydrogen-bond donors (Lipinski definition) is 3. The van der Waals surface area contributed by atoms with Gasteiger partial charge in [0.15, 0.2) is 0 Å². The van der Waals surface area contributed by atoms with Crippen molar-refractivity contribution in [2.24, 2.45) is 0 Å². The number of halogens is 2. The summed E-state index contributed by atoms with van der Waals surface area (Å²) in [5.74, 6) is 0. The molecule has 3 N–H and O–H groups in total. The van der Waals surface area contributed by atoms with Crippen molar-refractivity contribution in [1.29, 1.82) is 0 Å². The molecule has 84 valence electrons. The van der Waals surface area contributed by atoms with E-state index >= 15 is 0 Å². The predicted octanol–water partition coefficient (Wildman–Crippen LogP) is 0.0693. The van der Waals surface area contributed by atoms with Crippen LogP contribution in [-0.4, -0.2) is 36.8 Å². The van der Waals surface area contributed by atoms with Gasteiger partial charge in [0.25, 0.3) is 0 Å². The van der Waals surface area contributed by atoms with E-state index in [1.807, 2.05) is 0 Å². The van der Waals surface area contributed by atoms with E-state index in [4.69, 9.17) is 0 Å². The Kier molecular flexibility index (Phi) is 4.94. The quantitative estimate of drug-likeness (QED) is 0.564. The summed E-state index contributed by atoms with van der Waals surface area (Å²) < 4.78 is 0. The van der Waals surface area contributed by atoms with Gasteiger partial charge in [0.1, 0.15) is 5.66 Å². The zero-order valence-corrected chi connectivity index (χ0v) is 9.63. The summed E-state index contributed by atoms with van der Waals surface area (Å²) in [4.78, 5) is 11.2. The zero-order valence-electron chi connectivity index (χ0n) is 8.00. The monoisotopic (exact) mass is 242 g/mol. The number of piperidine rings is 1. The van der Waals surface area contributed by atoms with E-state index in [0.717, 1.165) is 25.9 Å². The van der Waals surface area contributed by atoms with Gasteiger partial charge in [-0.05, 0) is 25.9 Å². The van der Waals surface area contributed by atoms with Gasteiger partial charge < -0.3 is 10.6 Å². The molecule has 5 nitrogen and oxygen atoms in total. The van der Waals surface area contributed by atoms with Crippen LogP contribution in [0.2, 0.25) is 0 Å². The molecule has 2 saturated heterocycles. The van der Waals surface area contributed by atoms with Crippen LogP contribution in [0.25, 0.3) is 0 Å². The molecule has 0 aromatic heterocycles. The fourth-order valence-electron chi connectivity index (χ4n) is 1.78. The molecule has 0 aromatic rings. The van der Waals surface area contributed by atoms with Crippen molar-refractivity contribution in [1.82, 2.24) is 21.1 Å². The summed E-state index contributed by atoms with van der Waals surface area (Å²) >= 11 is 0. The summed E-state index contributed by atoms with van der Waals surface area (Å²) in [6, 6.07) is -0.0306. The van der Waals surface area contributed by atoms with Crippen LogP contribution >= 0.6 is 24.8 Å². The number of nitrogens with one attached hydrogen (secondary N) is 3. The Morgan fingerprint density at radius 2 is 1.86 bits per heavy atom. The molecule has 0 atom stereocenters. The fraction of sp³-hybridized carbons (Fsp3) is 0.857. The fourth-order valence-corrected chi connectivity index (χ4v) is 1.78. The number of nitrogens with zero attached hydrogens (tertiary/aromatic N) is 1. The summed E-state index contributed by atoms with van der Waals surface area (Å²) in [7, 11) is 1.74. The van der Waals surface area contributed by atoms with E-state index in [1.165, 1.54) is 5.01 Å². The van der Waals surface area contributed by atoms with Gasteiger partial charge in [-0.1, -0.05) is 0 Å². The summed E-state index contributed by atoms with van der Waals surface area (Å²) in [5.41, 5.74) is 2.98. The minimum absolute atomic E-state index is 0. The number of carbonyl (C=O) groups excluding carboxylic acids is 1. The molecule has 2 aliphatic heterocycles. The first-order valence-electron chi connectivity index (χ1n) is 4.26. The van der Waals surface area contributed by atoms with Gasteiger partial charge in [-0.2, -0.15) is 0 Å². The van der Waals surface area contributed by atoms with Crippen molar-refractivity contribution in [2.75, 3.05) is 20.1 Å². The minimum atomic E-state index is -0.170. The average Bonchev–Trinajstić information content (AvgIpc) is 2.29. The number of rotatable bonds is 0. The Bertz CT molecular complexity index is 208. The van der Waals surface area contributed by atoms with E-state index in [1.54, 1.807) is 7.05 Å². The minimum Gasteiger partial charge on any atom is -0.317 e. The van der Waals surface area contributed by atoms with Crippen molar-refractivity contribution >= 4 is 30.8 Å². The lowest BCUT2D eigenvalue weighted by molar-refractivity contribution is 0.180. The molecule has 2 aliphatic rings. The van der Waals surface area contributed by atoms with Crippen molar-refractivity contribution in [3.63, 3.8) is 0 Å². The van der Waals surface area contributed by atoms with Crippen LogP contribution in [0.15, 0.2) is 0 Å². The average molecular weight is 243 g/mol. The predicted molar refractivity (Wildman–Crippen MR) is 58.8 cm³/mol. The lowest BCUT2D eigenvalue weighted by atomic mass is 10.00. The first-order valence-corrected chi connectivity index (χ1v) is 4.26. The smallest absolute Gasteiger partial charge is 0.317 e. The molecule has 0 saturated carbocycles. The summed E-state index contributed by atoms with van der Waals surface area (Å²) in [6.07, 6.45) is 1.90. The SMILES string of the molecule is CN1NC2(CCNCC2)NC1=O.Cl.Cl. The van der Waals surface area contributed by atoms with Crippen molar-refractivity contribution in [2.45, 2.75) is 18.5 Å². The van der Waals surface area contributed by atoms with E-state index in [0.29, 0.717) is 0 Å². The maximum absolute atomic E-state index is 11.2. The van der Waals surface area contributed by atoms with E-state index in [-0.39, 0.29) is 36.5 Å². The van der Waals surface area contributed by atoms with Crippen LogP contribution < -0.4 is 16.1 Å². The van der Waals surface area contributed by atoms with E-state index in [9.17, 15) is 4.79 Å². The number of hydrogen-bond acceptors (Lipinski definition) is 3. The van der Waals surface area contributed by atoms with Crippen molar-refractivity contribution in [3.8, 4) is 0 Å². The van der Waals surface area contributed by atoms with Crippen LogP contribution in [0.1, 0.15) is 12.8 Å². The molecule has 0 unspecified atom stereocenters. The molecule has 2 rings (SSSR count). The topological polar surface area (TPSA) is 56.4 Å². The second kappa shape index (κ2) is 5.02. The summed E-state index contributed by atoms with van der Waals surface area (Å²) in [6.45, 7) is 1.92. The number of urea groups is 1. The van der Waals surface area contributed by atoms with Crippen molar-refractivity contribution in [3.05, 3.63) is 0 Å². The molecule has 2 fully saturated rings. The van der Waals surface area contributed by atoms with Gasteiger partial charge in [0, 0.05) is 7.05 Å². The standard InChI is InChI=1S/C7H14N4O.2ClH/c1-11-6(12)9-7(10-11)2-4-8-5-3-7;;/h8,10H,2-5H2,1H3,(H,9,12);2*1H. The van der Waals surface area contributed by atoms with Gasteiger partial charge in [0.2, 0.25) is 0 Å². The van der Waals surface area contributed by atoms with Gasteiger partial charge in [-0.25, -0.2) is 10.2 Å². The molecule has 0 aliphatic carbocycles. The third-order valence-corrected chi connectivity index (χ3v) is 2.49. The number of carbonyl (C=O) groups is 1. The molecule has 0 radical (unpaired) electrons. The second-order valence-corrected chi connectivity index (χ2v) is 3.43. The first kappa shape index (κ1) is 13.8. The normalized spacial score (nSPS) is 23.8. The van der Waals surface area contributed by atoms with Crippen LogP contribution in [-0.2, 0) is 0 Å². The number of hydrazine groups is 1. The van der Waals surface area contributed by atoms with Crippen LogP contribution in [0.5, 0.6) is 0 Å². The Morgan fingerprint density at radius 3 is 2.29 bits per heavy atom. The molecule has 14 heavy (non-hydrogen) atoms. The molecule has 0 bridgehead atoms. The highest BCUT2D eigenvalue weighted by Gasteiger charge is 2.40. The highest BCUT2D eigenvalue weighted by atomic mass is 35.5. The van der Waals surface area contributed by atoms with E-state index < -0.39 is 0 Å². The van der Waals surface area contributed by atoms with Crippen molar-refractivity contribution < 1.29 is 4.79 Å². The Balaban J connectivity index is 0.000000845. The highest BCUT2D eigenvalue weighted by Crippen LogP contribution is 2.19. The maximum Gasteiger partial charge on any atom is 0.333 e. The van der Waals surface area contributed by atoms with Gasteiger partial charge >= 0.3 is 6.03 Å². The maximum atomic E-state index is 11.2. The van der Waals surface area contributed by atoms with Crippen LogP contribution in [0.3, 0.4) is 0 Å². The van der Waals surface area contributed by atoms with E-state index in [2.05, 4.69) is 16.1 Å². The molecule has 2 heterocycles. The third-order valence-electron chi connectivity index (χ3n) is 2.49. The van der Waals surface area contributed by atoms with Gasteiger partial charge in [-0.3, -0.25) is 5.01 Å².